The summed E-state index contributed by atoms with van der Waals surface area (Å²) in [6, 6.07) is -0.653. The number of nitrogens with one attached hydrogen (secondary N) is 2. The van der Waals surface area contributed by atoms with Crippen molar-refractivity contribution in [2.75, 3.05) is 13.7 Å². The molecular weight excluding hydrogens is 332 g/mol. The van der Waals surface area contributed by atoms with Crippen LogP contribution in [0.4, 0.5) is 0 Å². The van der Waals surface area contributed by atoms with E-state index in [4.69, 9.17) is 0 Å². The molecule has 0 aliphatic carbocycles. The molecule has 0 radical (unpaired) electrons. The summed E-state index contributed by atoms with van der Waals surface area (Å²) in [6.07, 6.45) is 14.1. The van der Waals surface area contributed by atoms with Gasteiger partial charge in [-0.15, -0.1) is 0 Å². The fraction of sp³-hybridized carbons (Fsp3) is 0.850. The molecule has 2 N–H and O–H groups in total. The standard InChI is InChI=1S/C20H38N2O4/c1-4-5-6-7-8-9-10-11-12-13-14-15-18(23)22-17(2)20(25)21-16-19(24)26-3/h17H,4-16H2,1-3H3,(H,21,25)(H,22,23)/t17-/m0/s1. The summed E-state index contributed by atoms with van der Waals surface area (Å²) in [5, 5.41) is 5.08. The number of ether oxygens (including phenoxy) is 1. The lowest BCUT2D eigenvalue weighted by molar-refractivity contribution is -0.141. The van der Waals surface area contributed by atoms with E-state index < -0.39 is 12.0 Å². The van der Waals surface area contributed by atoms with Crippen molar-refractivity contribution in [1.82, 2.24) is 10.6 Å². The Balaban J connectivity index is 3.53. The van der Waals surface area contributed by atoms with Gasteiger partial charge in [-0.3, -0.25) is 14.4 Å². The van der Waals surface area contributed by atoms with Crippen LogP contribution < -0.4 is 10.6 Å². The second-order valence-corrected chi connectivity index (χ2v) is 6.87. The van der Waals surface area contributed by atoms with Gasteiger partial charge in [0, 0.05) is 6.42 Å². The summed E-state index contributed by atoms with van der Waals surface area (Å²) in [7, 11) is 1.26. The smallest absolute Gasteiger partial charge is 0.325 e. The van der Waals surface area contributed by atoms with Crippen molar-refractivity contribution >= 4 is 17.8 Å². The molecule has 6 heteroatoms. The Morgan fingerprint density at radius 2 is 1.35 bits per heavy atom. The zero-order chi connectivity index (χ0) is 19.6. The number of hydrogen-bond donors (Lipinski definition) is 2. The highest BCUT2D eigenvalue weighted by Gasteiger charge is 2.16. The number of carbonyl (C=O) groups excluding carboxylic acids is 3. The Morgan fingerprint density at radius 1 is 0.846 bits per heavy atom. The van der Waals surface area contributed by atoms with Crippen molar-refractivity contribution in [3.8, 4) is 0 Å². The van der Waals surface area contributed by atoms with Crippen LogP contribution in [0.5, 0.6) is 0 Å². The van der Waals surface area contributed by atoms with E-state index >= 15 is 0 Å². The fourth-order valence-electron chi connectivity index (χ4n) is 2.71. The van der Waals surface area contributed by atoms with Gasteiger partial charge in [0.05, 0.1) is 7.11 Å². The molecule has 0 aromatic rings. The number of methoxy groups -OCH3 is 1. The highest BCUT2D eigenvalue weighted by molar-refractivity contribution is 5.89. The highest BCUT2D eigenvalue weighted by Crippen LogP contribution is 2.11. The number of esters is 1. The van der Waals surface area contributed by atoms with Crippen molar-refractivity contribution < 1.29 is 19.1 Å². The van der Waals surface area contributed by atoms with Crippen LogP contribution in [-0.2, 0) is 19.1 Å². The Bertz CT molecular complexity index is 399. The van der Waals surface area contributed by atoms with Crippen molar-refractivity contribution in [2.45, 2.75) is 96.9 Å². The van der Waals surface area contributed by atoms with Crippen LogP contribution in [0.15, 0.2) is 0 Å². The van der Waals surface area contributed by atoms with E-state index in [2.05, 4.69) is 22.3 Å². The number of amides is 2. The molecule has 0 aliphatic rings. The molecule has 0 spiro atoms. The third-order valence-corrected chi connectivity index (χ3v) is 4.41. The third kappa shape index (κ3) is 14.7. The minimum Gasteiger partial charge on any atom is -0.468 e. The first kappa shape index (κ1) is 24.4. The SMILES string of the molecule is CCCCCCCCCCCCCC(=O)N[C@@H](C)C(=O)NCC(=O)OC. The fourth-order valence-corrected chi connectivity index (χ4v) is 2.71. The number of hydrogen-bond acceptors (Lipinski definition) is 4. The molecular formula is C20H38N2O4. The van der Waals surface area contributed by atoms with E-state index in [0.717, 1.165) is 19.3 Å². The van der Waals surface area contributed by atoms with Crippen molar-refractivity contribution in [3.05, 3.63) is 0 Å². The molecule has 6 nitrogen and oxygen atoms in total. The van der Waals surface area contributed by atoms with Gasteiger partial charge < -0.3 is 15.4 Å². The van der Waals surface area contributed by atoms with Crippen LogP contribution >= 0.6 is 0 Å². The first-order valence-corrected chi connectivity index (χ1v) is 10.1. The van der Waals surface area contributed by atoms with Gasteiger partial charge in [-0.25, -0.2) is 0 Å². The van der Waals surface area contributed by atoms with Crippen molar-refractivity contribution in [3.63, 3.8) is 0 Å². The van der Waals surface area contributed by atoms with Crippen LogP contribution in [0.25, 0.3) is 0 Å². The van der Waals surface area contributed by atoms with Crippen LogP contribution in [0.3, 0.4) is 0 Å². The second kappa shape index (κ2) is 16.9. The molecule has 0 unspecified atom stereocenters. The lowest BCUT2D eigenvalue weighted by Gasteiger charge is -2.13. The summed E-state index contributed by atoms with van der Waals surface area (Å²) in [6.45, 7) is 3.65. The number of rotatable bonds is 16. The van der Waals surface area contributed by atoms with Crippen LogP contribution in [0.2, 0.25) is 0 Å². The van der Waals surface area contributed by atoms with E-state index in [1.54, 1.807) is 6.92 Å². The van der Waals surface area contributed by atoms with E-state index in [1.165, 1.54) is 58.5 Å². The van der Waals surface area contributed by atoms with Crippen LogP contribution in [0, 0.1) is 0 Å². The normalized spacial score (nSPS) is 11.7. The maximum absolute atomic E-state index is 11.8. The molecule has 0 saturated heterocycles. The summed E-state index contributed by atoms with van der Waals surface area (Å²) in [4.78, 5) is 34.5. The van der Waals surface area contributed by atoms with Crippen LogP contribution in [-0.4, -0.2) is 37.5 Å². The zero-order valence-corrected chi connectivity index (χ0v) is 16.9. The van der Waals surface area contributed by atoms with Crippen molar-refractivity contribution in [2.24, 2.45) is 0 Å². The van der Waals surface area contributed by atoms with Crippen LogP contribution in [0.1, 0.15) is 90.9 Å². The Hall–Kier alpha value is -1.59. The molecule has 0 fully saturated rings. The second-order valence-electron chi connectivity index (χ2n) is 6.87. The quantitative estimate of drug-likeness (QED) is 0.322. The number of unbranched alkanes of at least 4 members (excludes halogenated alkanes) is 10. The molecule has 0 bridgehead atoms. The number of carbonyl (C=O) groups is 3. The van der Waals surface area contributed by atoms with E-state index in [0.29, 0.717) is 6.42 Å². The summed E-state index contributed by atoms with van der Waals surface area (Å²) < 4.78 is 4.44. The average molecular weight is 371 g/mol. The van der Waals surface area contributed by atoms with E-state index in [-0.39, 0.29) is 18.4 Å². The third-order valence-electron chi connectivity index (χ3n) is 4.41. The predicted octanol–water partition coefficient (Wildman–Crippen LogP) is 3.48. The zero-order valence-electron chi connectivity index (χ0n) is 16.9. The van der Waals surface area contributed by atoms with Gasteiger partial charge in [-0.05, 0) is 13.3 Å². The Kier molecular flexibility index (Phi) is 15.8. The molecule has 0 aromatic carbocycles. The highest BCUT2D eigenvalue weighted by atomic mass is 16.5. The monoisotopic (exact) mass is 370 g/mol. The molecule has 0 aromatic heterocycles. The first-order valence-electron chi connectivity index (χ1n) is 10.1. The van der Waals surface area contributed by atoms with Gasteiger partial charge in [-0.1, -0.05) is 71.1 Å². The van der Waals surface area contributed by atoms with Gasteiger partial charge in [0.25, 0.3) is 0 Å². The molecule has 0 aliphatic heterocycles. The average Bonchev–Trinajstić information content (AvgIpc) is 2.63. The van der Waals surface area contributed by atoms with Crippen molar-refractivity contribution in [1.29, 1.82) is 0 Å². The van der Waals surface area contributed by atoms with Gasteiger partial charge in [0.15, 0.2) is 0 Å². The minimum absolute atomic E-state index is 0.123. The van der Waals surface area contributed by atoms with E-state index in [9.17, 15) is 14.4 Å². The summed E-state index contributed by atoms with van der Waals surface area (Å²) >= 11 is 0. The molecule has 2 amide bonds. The lowest BCUT2D eigenvalue weighted by Crippen LogP contribution is -2.46. The Labute approximate surface area is 158 Å². The molecule has 1 atom stereocenters. The van der Waals surface area contributed by atoms with Gasteiger partial charge in [-0.2, -0.15) is 0 Å². The molecule has 0 saturated carbocycles. The summed E-state index contributed by atoms with van der Waals surface area (Å²) in [5.41, 5.74) is 0. The maximum atomic E-state index is 11.8. The molecule has 152 valence electrons. The lowest BCUT2D eigenvalue weighted by atomic mass is 10.1. The largest absolute Gasteiger partial charge is 0.468 e. The van der Waals surface area contributed by atoms with Gasteiger partial charge >= 0.3 is 5.97 Å². The Morgan fingerprint density at radius 3 is 1.85 bits per heavy atom. The van der Waals surface area contributed by atoms with E-state index in [1.807, 2.05) is 0 Å². The van der Waals surface area contributed by atoms with Gasteiger partial charge in [0.1, 0.15) is 12.6 Å². The molecule has 0 rings (SSSR count). The minimum atomic E-state index is -0.653. The topological polar surface area (TPSA) is 84.5 Å². The first-order chi connectivity index (χ1) is 12.5. The molecule has 0 heterocycles. The molecule has 26 heavy (non-hydrogen) atoms. The predicted molar refractivity (Wildman–Crippen MR) is 104 cm³/mol. The van der Waals surface area contributed by atoms with Gasteiger partial charge in [0.2, 0.25) is 11.8 Å². The summed E-state index contributed by atoms with van der Waals surface area (Å²) in [5.74, 6) is -1.03. The maximum Gasteiger partial charge on any atom is 0.325 e.